The lowest BCUT2D eigenvalue weighted by Gasteiger charge is -2.17. The smallest absolute Gasteiger partial charge is 0.218 e. The molecule has 2 aliphatic heterocycles. The van der Waals surface area contributed by atoms with E-state index in [-0.39, 0.29) is 5.75 Å². The Kier molecular flexibility index (Phi) is 3.13. The summed E-state index contributed by atoms with van der Waals surface area (Å²) in [6, 6.07) is 9.77. The summed E-state index contributed by atoms with van der Waals surface area (Å²) in [6.07, 6.45) is 1.10. The van der Waals surface area contributed by atoms with Gasteiger partial charge in [-0.05, 0) is 24.4 Å². The molecular weight excluding hydrogens is 248 g/mol. The van der Waals surface area contributed by atoms with Crippen LogP contribution in [0.25, 0.3) is 0 Å². The molecule has 18 heavy (non-hydrogen) atoms. The molecule has 1 N–H and O–H groups in total. The summed E-state index contributed by atoms with van der Waals surface area (Å²) in [7, 11) is -3.16. The number of benzene rings is 1. The van der Waals surface area contributed by atoms with Crippen molar-refractivity contribution in [3.8, 4) is 0 Å². The van der Waals surface area contributed by atoms with Crippen LogP contribution in [0.1, 0.15) is 12.0 Å². The van der Waals surface area contributed by atoms with Crippen molar-refractivity contribution in [1.82, 2.24) is 9.62 Å². The van der Waals surface area contributed by atoms with E-state index >= 15 is 0 Å². The fourth-order valence-corrected chi connectivity index (χ4v) is 4.52. The zero-order chi connectivity index (χ0) is 12.6. The van der Waals surface area contributed by atoms with E-state index in [2.05, 4.69) is 5.32 Å². The third kappa shape index (κ3) is 2.30. The van der Waals surface area contributed by atoms with E-state index in [9.17, 15) is 8.42 Å². The Hall–Kier alpha value is -0.910. The highest BCUT2D eigenvalue weighted by Crippen LogP contribution is 2.27. The van der Waals surface area contributed by atoms with E-state index in [4.69, 9.17) is 0 Å². The van der Waals surface area contributed by atoms with Crippen LogP contribution in [-0.4, -0.2) is 38.4 Å². The molecule has 0 spiro atoms. The fourth-order valence-electron chi connectivity index (χ4n) is 2.91. The topological polar surface area (TPSA) is 49.4 Å². The molecule has 2 saturated heterocycles. The van der Waals surface area contributed by atoms with Gasteiger partial charge >= 0.3 is 0 Å². The molecule has 3 rings (SSSR count). The van der Waals surface area contributed by atoms with Crippen molar-refractivity contribution in [2.45, 2.75) is 18.2 Å². The first-order valence-electron chi connectivity index (χ1n) is 6.40. The number of nitrogens with zero attached hydrogens (tertiary/aromatic N) is 1. The van der Waals surface area contributed by atoms with E-state index in [1.165, 1.54) is 0 Å². The molecule has 0 radical (unpaired) electrons. The normalized spacial score (nSPS) is 28.4. The van der Waals surface area contributed by atoms with Crippen LogP contribution < -0.4 is 5.32 Å². The minimum atomic E-state index is -3.16. The number of rotatable bonds is 3. The standard InChI is InChI=1S/C13H18N2O2S/c16-18(17,10-11-4-2-1-3-5-11)15-8-12-6-7-14-13(12)9-15/h1-5,12-14H,6-10H2/t12-,13+/m0/s1. The summed E-state index contributed by atoms with van der Waals surface area (Å²) in [5.41, 5.74) is 0.863. The summed E-state index contributed by atoms with van der Waals surface area (Å²) in [4.78, 5) is 0. The Morgan fingerprint density at radius 2 is 2.00 bits per heavy atom. The molecule has 0 unspecified atom stereocenters. The maximum absolute atomic E-state index is 12.3. The van der Waals surface area contributed by atoms with E-state index < -0.39 is 10.0 Å². The van der Waals surface area contributed by atoms with E-state index in [1.807, 2.05) is 30.3 Å². The van der Waals surface area contributed by atoms with Crippen molar-refractivity contribution in [2.75, 3.05) is 19.6 Å². The zero-order valence-corrected chi connectivity index (χ0v) is 11.1. The first kappa shape index (κ1) is 12.1. The van der Waals surface area contributed by atoms with Crippen LogP contribution in [0.2, 0.25) is 0 Å². The van der Waals surface area contributed by atoms with Crippen molar-refractivity contribution >= 4 is 10.0 Å². The van der Waals surface area contributed by atoms with Gasteiger partial charge in [-0.25, -0.2) is 8.42 Å². The third-order valence-corrected chi connectivity index (χ3v) is 5.70. The van der Waals surface area contributed by atoms with Crippen LogP contribution in [0.3, 0.4) is 0 Å². The highest BCUT2D eigenvalue weighted by atomic mass is 32.2. The summed E-state index contributed by atoms with van der Waals surface area (Å²) in [5.74, 6) is 0.628. The largest absolute Gasteiger partial charge is 0.312 e. The zero-order valence-electron chi connectivity index (χ0n) is 10.2. The quantitative estimate of drug-likeness (QED) is 0.881. The lowest BCUT2D eigenvalue weighted by atomic mass is 10.1. The van der Waals surface area contributed by atoms with Gasteiger partial charge in [-0.1, -0.05) is 30.3 Å². The van der Waals surface area contributed by atoms with Gasteiger partial charge in [-0.3, -0.25) is 0 Å². The van der Waals surface area contributed by atoms with Gasteiger partial charge in [-0.2, -0.15) is 4.31 Å². The average molecular weight is 266 g/mol. The molecule has 0 amide bonds. The number of sulfonamides is 1. The van der Waals surface area contributed by atoms with Crippen molar-refractivity contribution in [3.05, 3.63) is 35.9 Å². The summed E-state index contributed by atoms with van der Waals surface area (Å²) < 4.78 is 26.3. The van der Waals surface area contributed by atoms with Crippen LogP contribution in [0.15, 0.2) is 30.3 Å². The second kappa shape index (κ2) is 4.64. The van der Waals surface area contributed by atoms with Crippen molar-refractivity contribution in [3.63, 3.8) is 0 Å². The Morgan fingerprint density at radius 3 is 2.72 bits per heavy atom. The van der Waals surface area contributed by atoms with Crippen molar-refractivity contribution < 1.29 is 8.42 Å². The lowest BCUT2D eigenvalue weighted by molar-refractivity contribution is 0.447. The summed E-state index contributed by atoms with van der Waals surface area (Å²) >= 11 is 0. The second-order valence-corrected chi connectivity index (χ2v) is 7.14. The molecular formula is C13H18N2O2S. The van der Waals surface area contributed by atoms with E-state index in [0.717, 1.165) is 18.5 Å². The monoisotopic (exact) mass is 266 g/mol. The maximum atomic E-state index is 12.3. The molecule has 1 aromatic rings. The predicted octanol–water partition coefficient (Wildman–Crippen LogP) is 0.810. The van der Waals surface area contributed by atoms with Gasteiger partial charge < -0.3 is 5.32 Å². The minimum absolute atomic E-state index is 0.118. The Balaban J connectivity index is 1.72. The molecule has 0 bridgehead atoms. The molecule has 5 heteroatoms. The van der Waals surface area contributed by atoms with Gasteiger partial charge in [0, 0.05) is 19.1 Å². The first-order valence-corrected chi connectivity index (χ1v) is 8.01. The number of hydrogen-bond acceptors (Lipinski definition) is 3. The highest BCUT2D eigenvalue weighted by molar-refractivity contribution is 7.88. The third-order valence-electron chi connectivity index (χ3n) is 3.91. The molecule has 4 nitrogen and oxygen atoms in total. The molecule has 2 heterocycles. The van der Waals surface area contributed by atoms with Crippen molar-refractivity contribution in [1.29, 1.82) is 0 Å². The van der Waals surface area contributed by atoms with Crippen LogP contribution >= 0.6 is 0 Å². The Morgan fingerprint density at radius 1 is 1.22 bits per heavy atom. The first-order chi connectivity index (χ1) is 8.65. The molecule has 2 aliphatic rings. The van der Waals surface area contributed by atoms with Gasteiger partial charge in [0.2, 0.25) is 10.0 Å². The number of fused-ring (bicyclic) bond motifs is 1. The molecule has 2 atom stereocenters. The fraction of sp³-hybridized carbons (Fsp3) is 0.538. The molecule has 0 aliphatic carbocycles. The Labute approximate surface area is 108 Å². The van der Waals surface area contributed by atoms with Gasteiger partial charge in [0.25, 0.3) is 0 Å². The predicted molar refractivity (Wildman–Crippen MR) is 70.5 cm³/mol. The molecule has 2 fully saturated rings. The molecule has 98 valence electrons. The van der Waals surface area contributed by atoms with E-state index in [0.29, 0.717) is 25.0 Å². The summed E-state index contributed by atoms with van der Waals surface area (Å²) in [5, 5.41) is 3.38. The van der Waals surface area contributed by atoms with Crippen LogP contribution in [0, 0.1) is 5.92 Å². The lowest BCUT2D eigenvalue weighted by Crippen LogP contribution is -2.34. The number of nitrogens with one attached hydrogen (secondary N) is 1. The van der Waals surface area contributed by atoms with Gasteiger partial charge in [0.1, 0.15) is 0 Å². The Bertz CT molecular complexity index is 503. The van der Waals surface area contributed by atoms with Crippen LogP contribution in [-0.2, 0) is 15.8 Å². The van der Waals surface area contributed by atoms with Gasteiger partial charge in [0.05, 0.1) is 5.75 Å². The van der Waals surface area contributed by atoms with Crippen molar-refractivity contribution in [2.24, 2.45) is 5.92 Å². The van der Waals surface area contributed by atoms with Crippen LogP contribution in [0.5, 0.6) is 0 Å². The molecule has 1 aromatic carbocycles. The minimum Gasteiger partial charge on any atom is -0.312 e. The molecule has 0 aromatic heterocycles. The maximum Gasteiger partial charge on any atom is 0.218 e. The van der Waals surface area contributed by atoms with E-state index in [1.54, 1.807) is 4.31 Å². The number of hydrogen-bond donors (Lipinski definition) is 1. The second-order valence-electron chi connectivity index (χ2n) is 5.17. The average Bonchev–Trinajstić information content (AvgIpc) is 2.89. The SMILES string of the molecule is O=S(=O)(Cc1ccccc1)N1C[C@@H]2CCN[C@@H]2C1. The molecule has 0 saturated carbocycles. The van der Waals surface area contributed by atoms with Crippen LogP contribution in [0.4, 0.5) is 0 Å². The van der Waals surface area contributed by atoms with Gasteiger partial charge in [-0.15, -0.1) is 0 Å². The highest BCUT2D eigenvalue weighted by Gasteiger charge is 2.40. The van der Waals surface area contributed by atoms with Gasteiger partial charge in [0.15, 0.2) is 0 Å². The summed E-state index contributed by atoms with van der Waals surface area (Å²) in [6.45, 7) is 2.36.